The molecule has 1 aliphatic heterocycles. The van der Waals surface area contributed by atoms with E-state index in [1.165, 1.54) is 21.3 Å². The van der Waals surface area contributed by atoms with Crippen LogP contribution in [0.3, 0.4) is 0 Å². The molecular formula is C21H23ClN2O6. The largest absolute Gasteiger partial charge is 0.493 e. The van der Waals surface area contributed by atoms with Crippen molar-refractivity contribution in [3.8, 4) is 17.2 Å². The van der Waals surface area contributed by atoms with Gasteiger partial charge in [0.15, 0.2) is 11.5 Å². The van der Waals surface area contributed by atoms with Gasteiger partial charge >= 0.3 is 5.97 Å². The van der Waals surface area contributed by atoms with Crippen LogP contribution in [0, 0.1) is 6.92 Å². The number of aryl methyl sites for hydroxylation is 1. The van der Waals surface area contributed by atoms with Crippen LogP contribution < -0.4 is 25.5 Å². The Bertz CT molecular complexity index is 1110. The minimum atomic E-state index is -0.871. The molecule has 0 saturated heterocycles. The number of methoxy groups -OCH3 is 3. The van der Waals surface area contributed by atoms with Crippen molar-refractivity contribution in [3.63, 3.8) is 0 Å². The molecule has 0 radical (unpaired) electrons. The third-order valence-corrected chi connectivity index (χ3v) is 5.36. The molecule has 0 amide bonds. The molecular weight excluding hydrogens is 412 g/mol. The number of fused-ring (bicyclic) bond motifs is 1. The summed E-state index contributed by atoms with van der Waals surface area (Å²) in [5.74, 6) is -0.761. The fraction of sp³-hybridized carbons (Fsp3) is 0.333. The van der Waals surface area contributed by atoms with Gasteiger partial charge in [-0.25, -0.2) is 4.79 Å². The second kappa shape index (κ2) is 8.31. The first-order valence-corrected chi connectivity index (χ1v) is 9.58. The minimum Gasteiger partial charge on any atom is -0.493 e. The van der Waals surface area contributed by atoms with Crippen molar-refractivity contribution in [1.82, 2.24) is 4.57 Å². The summed E-state index contributed by atoms with van der Waals surface area (Å²) in [5.41, 5.74) is 7.29. The Labute approximate surface area is 178 Å². The quantitative estimate of drug-likeness (QED) is 0.722. The van der Waals surface area contributed by atoms with Crippen LogP contribution in [0.15, 0.2) is 34.4 Å². The maximum absolute atomic E-state index is 13.4. The van der Waals surface area contributed by atoms with Crippen molar-refractivity contribution < 1.29 is 23.7 Å². The normalized spacial score (nSPS) is 15.3. The third kappa shape index (κ3) is 3.37. The molecule has 0 saturated carbocycles. The molecule has 1 aromatic heterocycles. The molecule has 1 aromatic carbocycles. The monoisotopic (exact) mass is 434 g/mol. The molecule has 3 rings (SSSR count). The maximum Gasteiger partial charge on any atom is 0.340 e. The van der Waals surface area contributed by atoms with E-state index in [9.17, 15) is 9.59 Å². The Morgan fingerprint density at radius 3 is 2.50 bits per heavy atom. The molecule has 2 aromatic rings. The highest BCUT2D eigenvalue weighted by molar-refractivity contribution is 6.32. The standard InChI is InChI=1S/C21H23ClN2O6/c1-6-24-10(2)7-13-16(20(24)25)15(17(19(23)30-13)21(26)29-5)11-8-12(22)18(28-4)14(9-11)27-3/h7-9,15H,6,23H2,1-5H3/t15-/m0/s1. The van der Waals surface area contributed by atoms with Crippen LogP contribution >= 0.6 is 11.6 Å². The summed E-state index contributed by atoms with van der Waals surface area (Å²) >= 11 is 6.40. The van der Waals surface area contributed by atoms with E-state index in [4.69, 9.17) is 36.3 Å². The predicted molar refractivity (Wildman–Crippen MR) is 111 cm³/mol. The lowest BCUT2D eigenvalue weighted by molar-refractivity contribution is -0.136. The zero-order valence-corrected chi connectivity index (χ0v) is 18.1. The lowest BCUT2D eigenvalue weighted by Crippen LogP contribution is -2.34. The molecule has 2 N–H and O–H groups in total. The van der Waals surface area contributed by atoms with Crippen LogP contribution in [-0.4, -0.2) is 31.9 Å². The van der Waals surface area contributed by atoms with Gasteiger partial charge in [-0.15, -0.1) is 0 Å². The molecule has 0 unspecified atom stereocenters. The number of ether oxygens (including phenoxy) is 4. The number of aromatic nitrogens is 1. The van der Waals surface area contributed by atoms with Gasteiger partial charge in [0, 0.05) is 18.3 Å². The summed E-state index contributed by atoms with van der Waals surface area (Å²) in [6, 6.07) is 4.97. The first-order valence-electron chi connectivity index (χ1n) is 9.20. The molecule has 160 valence electrons. The number of hydrogen-bond acceptors (Lipinski definition) is 7. The number of esters is 1. The molecule has 8 nitrogen and oxygen atoms in total. The zero-order chi connectivity index (χ0) is 22.2. The summed E-state index contributed by atoms with van der Waals surface area (Å²) in [4.78, 5) is 26.0. The Kier molecular flexibility index (Phi) is 5.98. The van der Waals surface area contributed by atoms with Crippen LogP contribution in [0.1, 0.15) is 29.7 Å². The SMILES string of the molecule is CCn1c(C)cc2c(c1=O)[C@H](c1cc(Cl)c(OC)c(OC)c1)C(C(=O)OC)=C(N)O2. The second-order valence-corrected chi connectivity index (χ2v) is 7.06. The number of carbonyl (C=O) groups is 1. The van der Waals surface area contributed by atoms with Crippen LogP contribution in [0.4, 0.5) is 0 Å². The van der Waals surface area contributed by atoms with E-state index >= 15 is 0 Å². The molecule has 0 fully saturated rings. The van der Waals surface area contributed by atoms with Crippen LogP contribution in [0.25, 0.3) is 0 Å². The van der Waals surface area contributed by atoms with E-state index in [0.29, 0.717) is 29.3 Å². The number of hydrogen-bond donors (Lipinski definition) is 1. The van der Waals surface area contributed by atoms with E-state index in [-0.39, 0.29) is 33.4 Å². The zero-order valence-electron chi connectivity index (χ0n) is 17.4. The lowest BCUT2D eigenvalue weighted by Gasteiger charge is -2.29. The van der Waals surface area contributed by atoms with Crippen LogP contribution in [0.5, 0.6) is 17.2 Å². The Morgan fingerprint density at radius 2 is 1.93 bits per heavy atom. The number of benzene rings is 1. The van der Waals surface area contributed by atoms with Crippen molar-refractivity contribution in [2.24, 2.45) is 5.73 Å². The highest BCUT2D eigenvalue weighted by Gasteiger charge is 2.38. The summed E-state index contributed by atoms with van der Waals surface area (Å²) in [7, 11) is 4.17. The van der Waals surface area contributed by atoms with Gasteiger partial charge in [0.1, 0.15) is 11.3 Å². The van der Waals surface area contributed by atoms with E-state index in [2.05, 4.69) is 0 Å². The second-order valence-electron chi connectivity index (χ2n) is 6.66. The Morgan fingerprint density at radius 1 is 1.23 bits per heavy atom. The fourth-order valence-corrected chi connectivity index (χ4v) is 4.02. The van der Waals surface area contributed by atoms with Gasteiger partial charge in [0.05, 0.1) is 37.8 Å². The van der Waals surface area contributed by atoms with Gasteiger partial charge in [-0.2, -0.15) is 0 Å². The van der Waals surface area contributed by atoms with E-state index in [1.54, 1.807) is 29.7 Å². The Hall–Kier alpha value is -3.13. The van der Waals surface area contributed by atoms with Crippen LogP contribution in [0.2, 0.25) is 5.02 Å². The predicted octanol–water partition coefficient (Wildman–Crippen LogP) is 2.71. The van der Waals surface area contributed by atoms with E-state index in [0.717, 1.165) is 0 Å². The number of halogens is 1. The molecule has 9 heteroatoms. The van der Waals surface area contributed by atoms with Gasteiger partial charge in [0.2, 0.25) is 5.88 Å². The van der Waals surface area contributed by atoms with E-state index < -0.39 is 11.9 Å². The number of pyridine rings is 1. The third-order valence-electron chi connectivity index (χ3n) is 5.08. The first kappa shape index (κ1) is 21.6. The fourth-order valence-electron chi connectivity index (χ4n) is 3.73. The molecule has 1 atom stereocenters. The number of carbonyl (C=O) groups excluding carboxylic acids is 1. The highest BCUT2D eigenvalue weighted by Crippen LogP contribution is 2.45. The van der Waals surface area contributed by atoms with Crippen molar-refractivity contribution in [1.29, 1.82) is 0 Å². The van der Waals surface area contributed by atoms with Gasteiger partial charge in [-0.3, -0.25) is 4.79 Å². The smallest absolute Gasteiger partial charge is 0.340 e. The number of rotatable bonds is 5. The highest BCUT2D eigenvalue weighted by atomic mass is 35.5. The molecule has 2 heterocycles. The molecule has 1 aliphatic rings. The molecule has 0 spiro atoms. The lowest BCUT2D eigenvalue weighted by atomic mass is 9.83. The summed E-state index contributed by atoms with van der Waals surface area (Å²) in [5, 5.41) is 0.255. The van der Waals surface area contributed by atoms with Gasteiger partial charge < -0.3 is 29.2 Å². The van der Waals surface area contributed by atoms with Gasteiger partial charge in [-0.05, 0) is 31.5 Å². The van der Waals surface area contributed by atoms with Crippen molar-refractivity contribution in [2.75, 3.05) is 21.3 Å². The number of nitrogens with two attached hydrogens (primary N) is 1. The van der Waals surface area contributed by atoms with Crippen molar-refractivity contribution >= 4 is 17.6 Å². The Balaban J connectivity index is 2.39. The average Bonchev–Trinajstić information content (AvgIpc) is 2.71. The molecule has 0 bridgehead atoms. The van der Waals surface area contributed by atoms with Crippen molar-refractivity contribution in [3.05, 3.63) is 61.9 Å². The van der Waals surface area contributed by atoms with Crippen LogP contribution in [-0.2, 0) is 16.1 Å². The summed E-state index contributed by atoms with van der Waals surface area (Å²) < 4.78 is 22.9. The molecule has 0 aliphatic carbocycles. The van der Waals surface area contributed by atoms with Gasteiger partial charge in [0.25, 0.3) is 5.56 Å². The number of nitrogens with zero attached hydrogens (tertiary/aromatic N) is 1. The van der Waals surface area contributed by atoms with Gasteiger partial charge in [-0.1, -0.05) is 11.6 Å². The molecule has 30 heavy (non-hydrogen) atoms. The first-order chi connectivity index (χ1) is 14.3. The van der Waals surface area contributed by atoms with E-state index in [1.807, 2.05) is 6.92 Å². The average molecular weight is 435 g/mol. The van der Waals surface area contributed by atoms with Crippen molar-refractivity contribution in [2.45, 2.75) is 26.3 Å². The topological polar surface area (TPSA) is 102 Å². The minimum absolute atomic E-state index is 0.0110. The summed E-state index contributed by atoms with van der Waals surface area (Å²) in [6.45, 7) is 4.11. The maximum atomic E-state index is 13.4. The summed E-state index contributed by atoms with van der Waals surface area (Å²) in [6.07, 6.45) is 0.